The smallest absolute Gasteiger partial charge is 0.354 e. The Kier molecular flexibility index (Phi) is 20.0. The lowest BCUT2D eigenvalue weighted by Crippen LogP contribution is -2.33. The van der Waals surface area contributed by atoms with E-state index in [1.807, 2.05) is 29.6 Å². The van der Waals surface area contributed by atoms with E-state index in [-0.39, 0.29) is 35.4 Å². The van der Waals surface area contributed by atoms with Crippen molar-refractivity contribution in [3.8, 4) is 0 Å². The van der Waals surface area contributed by atoms with E-state index in [2.05, 4.69) is 50.8 Å². The van der Waals surface area contributed by atoms with E-state index in [4.69, 9.17) is 34.9 Å². The fourth-order valence-corrected chi connectivity index (χ4v) is 9.15. The Morgan fingerprint density at radius 2 is 0.944 bits per heavy atom. The van der Waals surface area contributed by atoms with E-state index in [1.54, 1.807) is 73.7 Å². The van der Waals surface area contributed by atoms with Gasteiger partial charge in [0, 0.05) is 53.9 Å². The molecule has 7 N–H and O–H groups in total. The monoisotopic (exact) mass is 999 g/mol. The van der Waals surface area contributed by atoms with Gasteiger partial charge in [-0.25, -0.2) is 44.3 Å². The first-order valence-corrected chi connectivity index (χ1v) is 25.3. The van der Waals surface area contributed by atoms with Crippen LogP contribution in [0, 0.1) is 16.2 Å². The van der Waals surface area contributed by atoms with E-state index in [1.165, 1.54) is 36.9 Å². The van der Waals surface area contributed by atoms with Gasteiger partial charge in [0.05, 0.1) is 6.26 Å². The predicted octanol–water partition coefficient (Wildman–Crippen LogP) is 9.56. The number of thiophene rings is 1. The van der Waals surface area contributed by atoms with Crippen LogP contribution in [0.4, 0.5) is 17.8 Å². The number of ether oxygens (including phenoxy) is 3. The molecule has 9 rings (SSSR count). The summed E-state index contributed by atoms with van der Waals surface area (Å²) in [5.41, 5.74) is 0.196. The molecule has 20 nitrogen and oxygen atoms in total. The van der Waals surface area contributed by atoms with Crippen LogP contribution in [-0.2, 0) is 28.6 Å². The molecule has 6 aromatic heterocycles. The molecular weight excluding hydrogens is 939 g/mol. The number of anilines is 3. The lowest BCUT2D eigenvalue weighted by Gasteiger charge is -2.24. The number of rotatable bonds is 18. The molecule has 0 radical (unpaired) electrons. The van der Waals surface area contributed by atoms with Crippen LogP contribution in [0.5, 0.6) is 0 Å². The molecule has 3 saturated carbocycles. The van der Waals surface area contributed by atoms with Gasteiger partial charge in [-0.3, -0.25) is 16.2 Å². The summed E-state index contributed by atoms with van der Waals surface area (Å²) in [7, 11) is 0. The Morgan fingerprint density at radius 1 is 0.528 bits per heavy atom. The van der Waals surface area contributed by atoms with Crippen molar-refractivity contribution in [1.82, 2.24) is 34.9 Å². The zero-order valence-electron chi connectivity index (χ0n) is 39.9. The van der Waals surface area contributed by atoms with Crippen LogP contribution in [0.1, 0.15) is 131 Å². The van der Waals surface area contributed by atoms with Crippen LogP contribution in [-0.4, -0.2) is 88.2 Å². The van der Waals surface area contributed by atoms with Crippen molar-refractivity contribution in [2.24, 2.45) is 0 Å². The van der Waals surface area contributed by atoms with Crippen LogP contribution < -0.4 is 16.0 Å². The summed E-state index contributed by atoms with van der Waals surface area (Å²) in [6.07, 6.45) is 27.8. The van der Waals surface area contributed by atoms with Gasteiger partial charge in [0.25, 0.3) is 0 Å². The molecule has 3 atom stereocenters. The van der Waals surface area contributed by atoms with Crippen LogP contribution in [0.2, 0.25) is 0 Å². The number of esters is 3. The topological polar surface area (TPSA) is 293 Å². The van der Waals surface area contributed by atoms with Crippen LogP contribution in [0.3, 0.4) is 0 Å². The van der Waals surface area contributed by atoms with Crippen molar-refractivity contribution in [2.45, 2.75) is 133 Å². The average molecular weight is 1000 g/mol. The first kappa shape index (κ1) is 52.2. The van der Waals surface area contributed by atoms with E-state index in [0.717, 1.165) is 81.9 Å². The molecule has 378 valence electrons. The third kappa shape index (κ3) is 15.9. The minimum atomic E-state index is -0.793. The number of furan rings is 1. The number of carbonyl (C=O) groups is 3. The summed E-state index contributed by atoms with van der Waals surface area (Å²) >= 11 is 1.48. The highest BCUT2D eigenvalue weighted by Gasteiger charge is 2.32. The fourth-order valence-electron chi connectivity index (χ4n) is 8.37. The molecule has 0 amide bonds. The maximum atomic E-state index is 12.4. The van der Waals surface area contributed by atoms with Crippen LogP contribution in [0.15, 0.2) is 114 Å². The predicted molar refractivity (Wildman–Crippen MR) is 271 cm³/mol. The molecule has 3 aliphatic rings. The fraction of sp³-hybridized carbons (Fsp3) is 0.412. The van der Waals surface area contributed by atoms with Crippen molar-refractivity contribution >= 4 is 64.2 Å². The third-order valence-corrected chi connectivity index (χ3v) is 13.0. The van der Waals surface area contributed by atoms with Gasteiger partial charge in [-0.2, -0.15) is 0 Å². The molecule has 0 saturated heterocycles. The van der Waals surface area contributed by atoms with Crippen molar-refractivity contribution < 1.29 is 33.0 Å². The van der Waals surface area contributed by atoms with Gasteiger partial charge >= 0.3 is 17.9 Å². The highest BCUT2D eigenvalue weighted by Crippen LogP contribution is 2.28. The Morgan fingerprint density at radius 3 is 1.33 bits per heavy atom. The van der Waals surface area contributed by atoms with Gasteiger partial charge in [0.1, 0.15) is 59.3 Å². The number of nitrogens with one attached hydrogen (secondary N) is 7. The second-order valence-corrected chi connectivity index (χ2v) is 18.3. The van der Waals surface area contributed by atoms with Crippen molar-refractivity contribution in [2.75, 3.05) is 16.0 Å². The lowest BCUT2D eigenvalue weighted by molar-refractivity contribution is -0.143. The number of aromatic nitrogens is 7. The quantitative estimate of drug-likeness (QED) is 0.0239. The SMILES string of the molecule is N=C(C(=O)OC1CCCCC1)C(Nc1ncccn1)c1ccc[nH]1.N=C(C(=O)OC1CCCCC1)C(Nc1ncccn1)c1ccco1.N=C(C(=O)OC1CCCCC1)C(Nc1ncccn1)c1cccs1. The summed E-state index contributed by atoms with van der Waals surface area (Å²) in [6, 6.07) is 13.8. The van der Waals surface area contributed by atoms with E-state index >= 15 is 0 Å². The third-order valence-electron chi connectivity index (χ3n) is 12.1. The highest BCUT2D eigenvalue weighted by molar-refractivity contribution is 7.10. The van der Waals surface area contributed by atoms with Gasteiger partial charge in [0.15, 0.2) is 0 Å². The Balaban J connectivity index is 0.000000158. The van der Waals surface area contributed by atoms with E-state index in [0.29, 0.717) is 29.3 Å². The van der Waals surface area contributed by atoms with Gasteiger partial charge in [-0.05, 0) is 131 Å². The van der Waals surface area contributed by atoms with Gasteiger partial charge in [0.2, 0.25) is 17.8 Å². The zero-order chi connectivity index (χ0) is 50.3. The summed E-state index contributed by atoms with van der Waals surface area (Å²) in [4.78, 5) is 65.7. The molecule has 21 heteroatoms. The first-order chi connectivity index (χ1) is 35.2. The van der Waals surface area contributed by atoms with Gasteiger partial charge < -0.3 is 39.6 Å². The van der Waals surface area contributed by atoms with E-state index in [9.17, 15) is 14.4 Å². The lowest BCUT2D eigenvalue weighted by atomic mass is 9.97. The summed E-state index contributed by atoms with van der Waals surface area (Å²) < 4.78 is 21.9. The highest BCUT2D eigenvalue weighted by atomic mass is 32.1. The molecule has 3 aliphatic carbocycles. The Bertz CT molecular complexity index is 2290. The number of hydrogen-bond donors (Lipinski definition) is 7. The molecule has 3 unspecified atom stereocenters. The standard InChI is InChI=1S/C17H21N5O2.C17H20N4O3.C17H20N4O2S/c18-14(16(23)24-12-6-2-1-3-7-12)15(13-8-4-9-19-13)22-17-20-10-5-11-21-17;18-14(16(22)24-12-6-2-1-3-7-12)15(13-8-4-11-23-13)21-17-19-9-5-10-20-17;18-14(16(22)23-12-6-2-1-3-7-12)15(13-8-4-11-24-13)21-17-19-9-5-10-20-17/h4-5,8-12,15,18-19H,1-3,6-7H2,(H,20,21,22);2*4-5,8-12,15,18H,1-3,6-7H2,(H,19,20,21). The number of carbonyl (C=O) groups excluding carboxylic acids is 3. The average Bonchev–Trinajstić information content (AvgIpc) is 4.27. The molecule has 0 spiro atoms. The second-order valence-electron chi connectivity index (χ2n) is 17.3. The van der Waals surface area contributed by atoms with Crippen molar-refractivity contribution in [3.05, 3.63) is 126 Å². The minimum Gasteiger partial charge on any atom is -0.467 e. The Labute approximate surface area is 421 Å². The molecule has 6 heterocycles. The molecule has 0 bridgehead atoms. The molecule has 0 aliphatic heterocycles. The summed E-state index contributed by atoms with van der Waals surface area (Å²) in [6.45, 7) is 0. The maximum absolute atomic E-state index is 12.4. The van der Waals surface area contributed by atoms with Crippen molar-refractivity contribution in [3.63, 3.8) is 0 Å². The van der Waals surface area contributed by atoms with Gasteiger partial charge in [-0.15, -0.1) is 11.3 Å². The molecule has 3 fully saturated rings. The minimum absolute atomic E-state index is 0.0661. The summed E-state index contributed by atoms with van der Waals surface area (Å²) in [5, 5.41) is 35.8. The summed E-state index contributed by atoms with van der Waals surface area (Å²) in [5.74, 6) is -0.305. The van der Waals surface area contributed by atoms with Crippen LogP contribution in [0.25, 0.3) is 0 Å². The zero-order valence-corrected chi connectivity index (χ0v) is 40.7. The molecule has 72 heavy (non-hydrogen) atoms. The van der Waals surface area contributed by atoms with Gasteiger partial charge in [-0.1, -0.05) is 25.3 Å². The Hall–Kier alpha value is -7.68. The van der Waals surface area contributed by atoms with Crippen LogP contribution >= 0.6 is 11.3 Å². The normalized spacial score (nSPS) is 16.3. The number of nitrogens with zero attached hydrogens (tertiary/aromatic N) is 6. The number of hydrogen-bond acceptors (Lipinski definition) is 20. The first-order valence-electron chi connectivity index (χ1n) is 24.4. The number of H-pyrrole nitrogens is 1. The second kappa shape index (κ2) is 27.6. The largest absolute Gasteiger partial charge is 0.467 e. The van der Waals surface area contributed by atoms with Crippen molar-refractivity contribution in [1.29, 1.82) is 16.2 Å². The maximum Gasteiger partial charge on any atom is 0.354 e. The molecule has 6 aromatic rings. The number of aromatic amines is 1. The van der Waals surface area contributed by atoms with E-state index < -0.39 is 36.0 Å². The molecule has 0 aromatic carbocycles. The molecular formula is C51H61N13O7S.